The van der Waals surface area contributed by atoms with Gasteiger partial charge in [0.05, 0.1) is 38.1 Å². The highest BCUT2D eigenvalue weighted by atomic mass is 35.5. The second kappa shape index (κ2) is 8.21. The lowest BCUT2D eigenvalue weighted by Crippen LogP contribution is -2.38. The smallest absolute Gasteiger partial charge is 0.254 e. The van der Waals surface area contributed by atoms with E-state index < -0.39 is 0 Å². The van der Waals surface area contributed by atoms with Crippen molar-refractivity contribution in [2.45, 2.75) is 25.7 Å². The van der Waals surface area contributed by atoms with Crippen molar-refractivity contribution in [3.63, 3.8) is 0 Å². The zero-order valence-electron chi connectivity index (χ0n) is 18.8. The maximum absolute atomic E-state index is 13.7. The number of thiazole rings is 1. The number of pyridine rings is 1. The van der Waals surface area contributed by atoms with Crippen LogP contribution in [0.5, 0.6) is 0 Å². The van der Waals surface area contributed by atoms with Gasteiger partial charge in [0, 0.05) is 31.1 Å². The number of benzene rings is 1. The molecule has 1 amide bonds. The third-order valence-corrected chi connectivity index (χ3v) is 7.90. The number of aromatic nitrogens is 4. The fourth-order valence-corrected chi connectivity index (χ4v) is 6.04. The van der Waals surface area contributed by atoms with Gasteiger partial charge < -0.3 is 9.32 Å². The van der Waals surface area contributed by atoms with Crippen LogP contribution in [0.25, 0.3) is 32.7 Å². The van der Waals surface area contributed by atoms with Crippen LogP contribution in [0.1, 0.15) is 39.8 Å². The van der Waals surface area contributed by atoms with Crippen LogP contribution in [0.3, 0.4) is 0 Å². The summed E-state index contributed by atoms with van der Waals surface area (Å²) in [4.78, 5) is 25.2. The molecule has 0 spiro atoms. The zero-order valence-corrected chi connectivity index (χ0v) is 20.4. The van der Waals surface area contributed by atoms with E-state index in [1.54, 1.807) is 22.3 Å². The maximum Gasteiger partial charge on any atom is 0.254 e. The zero-order chi connectivity index (χ0) is 23.4. The number of aryl methyl sites for hydroxylation is 2. The van der Waals surface area contributed by atoms with Gasteiger partial charge in [-0.2, -0.15) is 5.10 Å². The molecule has 0 N–H and O–H groups in total. The van der Waals surface area contributed by atoms with Crippen LogP contribution in [-0.2, 0) is 7.05 Å². The summed E-state index contributed by atoms with van der Waals surface area (Å²) in [7, 11) is 1.85. The molecule has 172 valence electrons. The average Bonchev–Trinajstić information content (AvgIpc) is 3.58. The molecule has 0 unspecified atom stereocenters. The van der Waals surface area contributed by atoms with E-state index in [1.807, 2.05) is 55.3 Å². The third kappa shape index (κ3) is 3.58. The van der Waals surface area contributed by atoms with Crippen LogP contribution in [0.4, 0.5) is 0 Å². The molecule has 0 radical (unpaired) electrons. The van der Waals surface area contributed by atoms with Crippen LogP contribution >= 0.6 is 22.9 Å². The highest BCUT2D eigenvalue weighted by molar-refractivity contribution is 7.18. The lowest BCUT2D eigenvalue weighted by molar-refractivity contribution is 0.0715. The summed E-state index contributed by atoms with van der Waals surface area (Å²) in [6, 6.07) is 11.3. The summed E-state index contributed by atoms with van der Waals surface area (Å²) in [6.45, 7) is 3.28. The predicted molar refractivity (Wildman–Crippen MR) is 133 cm³/mol. The van der Waals surface area contributed by atoms with Crippen LogP contribution < -0.4 is 0 Å². The highest BCUT2D eigenvalue weighted by Gasteiger charge is 2.29. The molecule has 4 aromatic heterocycles. The van der Waals surface area contributed by atoms with Gasteiger partial charge in [-0.3, -0.25) is 9.48 Å². The molecular weight excluding hydrogens is 470 g/mol. The number of amides is 1. The number of rotatable bonds is 3. The van der Waals surface area contributed by atoms with Crippen molar-refractivity contribution in [1.82, 2.24) is 24.6 Å². The standard InChI is InChI=1S/C25H22ClN5O2S/c1-14-22-17(13-18(20-4-3-11-33-20)27-23(22)30(2)29-14)25(32)31-9-7-15(8-10-31)24-28-19-12-16(26)5-6-21(19)34-24/h3-6,11-13,15H,7-10H2,1-2H3. The van der Waals surface area contributed by atoms with Crippen LogP contribution in [0.15, 0.2) is 47.1 Å². The first-order valence-electron chi connectivity index (χ1n) is 11.2. The average molecular weight is 492 g/mol. The molecule has 7 nitrogen and oxygen atoms in total. The van der Waals surface area contributed by atoms with Gasteiger partial charge in [0.25, 0.3) is 5.91 Å². The monoisotopic (exact) mass is 491 g/mol. The first kappa shape index (κ1) is 21.3. The molecule has 1 aliphatic heterocycles. The van der Waals surface area contributed by atoms with E-state index in [4.69, 9.17) is 26.0 Å². The number of carbonyl (C=O) groups excluding carboxylic acids is 1. The summed E-state index contributed by atoms with van der Waals surface area (Å²) in [5.74, 6) is 0.979. The molecule has 1 saturated heterocycles. The number of furan rings is 1. The van der Waals surface area contributed by atoms with Crippen LogP contribution in [-0.4, -0.2) is 43.6 Å². The normalized spacial score (nSPS) is 15.0. The quantitative estimate of drug-likeness (QED) is 0.318. The minimum Gasteiger partial charge on any atom is -0.463 e. The number of hydrogen-bond acceptors (Lipinski definition) is 6. The number of nitrogens with zero attached hydrogens (tertiary/aromatic N) is 5. The fourth-order valence-electron chi connectivity index (χ4n) is 4.76. The van der Waals surface area contributed by atoms with Gasteiger partial charge in [-0.15, -0.1) is 11.3 Å². The maximum atomic E-state index is 13.7. The van der Waals surface area contributed by atoms with E-state index in [-0.39, 0.29) is 5.91 Å². The first-order valence-corrected chi connectivity index (χ1v) is 12.4. The van der Waals surface area contributed by atoms with Gasteiger partial charge in [-0.1, -0.05) is 11.6 Å². The largest absolute Gasteiger partial charge is 0.463 e. The molecule has 34 heavy (non-hydrogen) atoms. The predicted octanol–water partition coefficient (Wildman–Crippen LogP) is 5.82. The Balaban J connectivity index is 1.28. The minimum atomic E-state index is 0.00541. The molecule has 0 aliphatic carbocycles. The first-order chi connectivity index (χ1) is 16.5. The Morgan fingerprint density at radius 2 is 2.00 bits per heavy atom. The number of hydrogen-bond donors (Lipinski definition) is 0. The van der Waals surface area contributed by atoms with E-state index in [9.17, 15) is 4.79 Å². The summed E-state index contributed by atoms with van der Waals surface area (Å²) in [5, 5.41) is 7.14. The summed E-state index contributed by atoms with van der Waals surface area (Å²) < 4.78 is 8.43. The molecule has 5 aromatic rings. The molecule has 1 fully saturated rings. The van der Waals surface area contributed by atoms with E-state index >= 15 is 0 Å². The second-order valence-corrected chi connectivity index (χ2v) is 10.2. The molecular formula is C25H22ClN5O2S. The summed E-state index contributed by atoms with van der Waals surface area (Å²) >= 11 is 7.85. The number of fused-ring (bicyclic) bond motifs is 2. The Morgan fingerprint density at radius 3 is 2.76 bits per heavy atom. The fraction of sp³-hybridized carbons (Fsp3) is 0.280. The summed E-state index contributed by atoms with van der Waals surface area (Å²) in [5.41, 5.74) is 3.67. The molecule has 5 heterocycles. The molecule has 0 bridgehead atoms. The topological polar surface area (TPSA) is 77.0 Å². The molecule has 0 atom stereocenters. The van der Waals surface area contributed by atoms with Crippen molar-refractivity contribution in [1.29, 1.82) is 0 Å². The lowest BCUT2D eigenvalue weighted by Gasteiger charge is -2.31. The molecule has 0 saturated carbocycles. The van der Waals surface area contributed by atoms with Gasteiger partial charge in [0.1, 0.15) is 5.69 Å². The Hall–Kier alpha value is -3.23. The van der Waals surface area contributed by atoms with Gasteiger partial charge in [-0.25, -0.2) is 9.97 Å². The third-order valence-electron chi connectivity index (χ3n) is 6.47. The van der Waals surface area contributed by atoms with Crippen molar-refractivity contribution < 1.29 is 9.21 Å². The lowest BCUT2D eigenvalue weighted by atomic mass is 9.96. The highest BCUT2D eigenvalue weighted by Crippen LogP contribution is 2.36. The van der Waals surface area contributed by atoms with E-state index in [0.29, 0.717) is 46.7 Å². The Bertz CT molecular complexity index is 1530. The van der Waals surface area contributed by atoms with E-state index in [1.165, 1.54) is 0 Å². The van der Waals surface area contributed by atoms with E-state index in [0.717, 1.165) is 39.1 Å². The van der Waals surface area contributed by atoms with Gasteiger partial charge in [0.15, 0.2) is 11.4 Å². The second-order valence-electron chi connectivity index (χ2n) is 8.67. The van der Waals surface area contributed by atoms with Gasteiger partial charge >= 0.3 is 0 Å². The van der Waals surface area contributed by atoms with Gasteiger partial charge in [-0.05, 0) is 56.2 Å². The van der Waals surface area contributed by atoms with Crippen LogP contribution in [0, 0.1) is 6.92 Å². The Morgan fingerprint density at radius 1 is 1.18 bits per heavy atom. The minimum absolute atomic E-state index is 0.00541. The van der Waals surface area contributed by atoms with Crippen molar-refractivity contribution >= 4 is 50.1 Å². The van der Waals surface area contributed by atoms with Crippen molar-refractivity contribution in [2.24, 2.45) is 7.05 Å². The van der Waals surface area contributed by atoms with Crippen LogP contribution in [0.2, 0.25) is 5.02 Å². The number of carbonyl (C=O) groups is 1. The number of likely N-dealkylation sites (tertiary alicyclic amines) is 1. The van der Waals surface area contributed by atoms with Gasteiger partial charge in [0.2, 0.25) is 0 Å². The van der Waals surface area contributed by atoms with Crippen molar-refractivity contribution in [3.8, 4) is 11.5 Å². The molecule has 1 aromatic carbocycles. The summed E-state index contributed by atoms with van der Waals surface area (Å²) in [6.07, 6.45) is 3.37. The Labute approximate surface area is 205 Å². The molecule has 9 heteroatoms. The number of halogens is 1. The van der Waals surface area contributed by atoms with Crippen molar-refractivity contribution in [2.75, 3.05) is 13.1 Å². The molecule has 6 rings (SSSR count). The number of piperidine rings is 1. The van der Waals surface area contributed by atoms with Crippen molar-refractivity contribution in [3.05, 3.63) is 63.9 Å². The molecule has 1 aliphatic rings. The SMILES string of the molecule is Cc1nn(C)c2nc(-c3ccco3)cc(C(=O)N3CCC(c4nc5cc(Cl)ccc5s4)CC3)c12. The Kier molecular flexibility index (Phi) is 5.15. The van der Waals surface area contributed by atoms with E-state index in [2.05, 4.69) is 5.10 Å².